The van der Waals surface area contributed by atoms with Crippen LogP contribution in [0.3, 0.4) is 0 Å². The molecule has 0 aliphatic heterocycles. The van der Waals surface area contributed by atoms with E-state index in [1.807, 2.05) is 0 Å². The number of hydrogen-bond acceptors (Lipinski definition) is 3. The van der Waals surface area contributed by atoms with Gasteiger partial charge in [0.2, 0.25) is 0 Å². The van der Waals surface area contributed by atoms with Gasteiger partial charge in [0.15, 0.2) is 0 Å². The molecule has 4 nitrogen and oxygen atoms in total. The Hall–Kier alpha value is -1.55. The lowest BCUT2D eigenvalue weighted by molar-refractivity contribution is -0.143. The summed E-state index contributed by atoms with van der Waals surface area (Å²) in [5, 5.41) is 18.4. The molecule has 16 heavy (non-hydrogen) atoms. The highest BCUT2D eigenvalue weighted by atomic mass is 16.4. The van der Waals surface area contributed by atoms with Crippen molar-refractivity contribution in [2.24, 2.45) is 5.73 Å². The molecule has 0 aromatic heterocycles. The summed E-state index contributed by atoms with van der Waals surface area (Å²) in [6, 6.07) is 5.01. The molecule has 88 valence electrons. The number of carboxylic acid groups (broad SMARTS) is 1. The minimum atomic E-state index is -1.32. The molecule has 1 aromatic rings. The molecule has 0 bridgehead atoms. The third-order valence-electron chi connectivity index (χ3n) is 3.08. The zero-order valence-electron chi connectivity index (χ0n) is 9.69. The first-order chi connectivity index (χ1) is 7.26. The lowest BCUT2D eigenvalue weighted by Crippen LogP contribution is -2.49. The second-order valence-electron chi connectivity index (χ2n) is 4.36. The van der Waals surface area contributed by atoms with Crippen molar-refractivity contribution in [2.45, 2.75) is 32.2 Å². The smallest absolute Gasteiger partial charge is 0.324 e. The van der Waals surface area contributed by atoms with E-state index < -0.39 is 11.5 Å². The minimum Gasteiger partial charge on any atom is -0.508 e. The Labute approximate surface area is 94.7 Å². The Bertz CT molecular complexity index is 413. The average Bonchev–Trinajstić information content (AvgIpc) is 2.20. The number of phenols is 1. The van der Waals surface area contributed by atoms with Gasteiger partial charge in [-0.05, 0) is 31.0 Å². The number of hydrogen-bond donors (Lipinski definition) is 3. The maximum Gasteiger partial charge on any atom is 0.324 e. The van der Waals surface area contributed by atoms with Gasteiger partial charge in [0, 0.05) is 5.92 Å². The lowest BCUT2D eigenvalue weighted by atomic mass is 9.82. The van der Waals surface area contributed by atoms with Crippen molar-refractivity contribution < 1.29 is 15.0 Å². The molecule has 0 amide bonds. The van der Waals surface area contributed by atoms with Crippen molar-refractivity contribution in [3.8, 4) is 5.75 Å². The highest BCUT2D eigenvalue weighted by Gasteiger charge is 2.35. The molecule has 1 rings (SSSR count). The van der Waals surface area contributed by atoms with E-state index in [2.05, 4.69) is 0 Å². The Morgan fingerprint density at radius 2 is 2.06 bits per heavy atom. The van der Waals surface area contributed by atoms with Gasteiger partial charge in [-0.3, -0.25) is 4.79 Å². The molecule has 0 spiro atoms. The summed E-state index contributed by atoms with van der Waals surface area (Å²) in [4.78, 5) is 11.0. The number of carboxylic acids is 1. The molecule has 0 fully saturated rings. The normalized spacial score (nSPS) is 16.5. The van der Waals surface area contributed by atoms with E-state index >= 15 is 0 Å². The Balaban J connectivity index is 3.10. The molecular formula is C12H17NO3. The quantitative estimate of drug-likeness (QED) is 0.726. The van der Waals surface area contributed by atoms with Crippen LogP contribution < -0.4 is 5.73 Å². The first kappa shape index (κ1) is 12.5. The fourth-order valence-corrected chi connectivity index (χ4v) is 1.48. The van der Waals surface area contributed by atoms with E-state index in [1.54, 1.807) is 32.0 Å². The third kappa shape index (κ3) is 2.17. The second-order valence-corrected chi connectivity index (χ2v) is 4.36. The van der Waals surface area contributed by atoms with Gasteiger partial charge in [0.25, 0.3) is 0 Å². The molecule has 0 radical (unpaired) electrons. The molecule has 1 aromatic carbocycles. The molecule has 0 saturated heterocycles. The van der Waals surface area contributed by atoms with Gasteiger partial charge < -0.3 is 15.9 Å². The maximum atomic E-state index is 11.0. The van der Waals surface area contributed by atoms with Crippen LogP contribution in [-0.4, -0.2) is 21.7 Å². The van der Waals surface area contributed by atoms with Crippen molar-refractivity contribution in [2.75, 3.05) is 0 Å². The predicted octanol–water partition coefficient (Wildman–Crippen LogP) is 1.61. The van der Waals surface area contributed by atoms with Crippen molar-refractivity contribution in [1.82, 2.24) is 0 Å². The first-order valence-electron chi connectivity index (χ1n) is 5.08. The monoisotopic (exact) mass is 223 g/mol. The summed E-state index contributed by atoms with van der Waals surface area (Å²) < 4.78 is 0. The zero-order valence-corrected chi connectivity index (χ0v) is 9.69. The minimum absolute atomic E-state index is 0.199. The summed E-state index contributed by atoms with van der Waals surface area (Å²) in [7, 11) is 0. The summed E-state index contributed by atoms with van der Waals surface area (Å²) in [5.74, 6) is -1.17. The van der Waals surface area contributed by atoms with E-state index in [4.69, 9.17) is 10.8 Å². The van der Waals surface area contributed by atoms with Gasteiger partial charge in [0.05, 0.1) is 0 Å². The number of rotatable bonds is 3. The maximum absolute atomic E-state index is 11.0. The Morgan fingerprint density at radius 3 is 2.50 bits per heavy atom. The summed E-state index contributed by atoms with van der Waals surface area (Å²) in [6.07, 6.45) is 0. The fourth-order valence-electron chi connectivity index (χ4n) is 1.48. The number of carbonyl (C=O) groups is 1. The van der Waals surface area contributed by atoms with Crippen LogP contribution >= 0.6 is 0 Å². The highest BCUT2D eigenvalue weighted by molar-refractivity contribution is 5.79. The van der Waals surface area contributed by atoms with Crippen molar-refractivity contribution in [3.05, 3.63) is 29.3 Å². The Kier molecular flexibility index (Phi) is 3.24. The van der Waals surface area contributed by atoms with Crippen LogP contribution in [0.4, 0.5) is 0 Å². The SMILES string of the molecule is Cc1cc(C(C)[C@@](C)(N)C(=O)O)ccc1O. The first-order valence-corrected chi connectivity index (χ1v) is 5.08. The molecule has 0 saturated carbocycles. The van der Waals surface area contributed by atoms with E-state index in [0.717, 1.165) is 5.56 Å². The zero-order chi connectivity index (χ0) is 12.5. The van der Waals surface area contributed by atoms with Crippen LogP contribution in [0.25, 0.3) is 0 Å². The van der Waals surface area contributed by atoms with Gasteiger partial charge in [-0.25, -0.2) is 0 Å². The predicted molar refractivity (Wildman–Crippen MR) is 61.5 cm³/mol. The number of benzene rings is 1. The van der Waals surface area contributed by atoms with Crippen LogP contribution in [-0.2, 0) is 4.79 Å². The summed E-state index contributed by atoms with van der Waals surface area (Å²) in [6.45, 7) is 5.02. The molecular weight excluding hydrogens is 206 g/mol. The molecule has 2 atom stereocenters. The largest absolute Gasteiger partial charge is 0.508 e. The molecule has 1 unspecified atom stereocenters. The topological polar surface area (TPSA) is 83.6 Å². The van der Waals surface area contributed by atoms with Gasteiger partial charge >= 0.3 is 5.97 Å². The number of aryl methyl sites for hydroxylation is 1. The third-order valence-corrected chi connectivity index (χ3v) is 3.08. The molecule has 0 aliphatic rings. The summed E-state index contributed by atoms with van der Waals surface area (Å²) in [5.41, 5.74) is 5.97. The van der Waals surface area contributed by atoms with Crippen LogP contribution in [0, 0.1) is 6.92 Å². The Morgan fingerprint density at radius 1 is 1.50 bits per heavy atom. The highest BCUT2D eigenvalue weighted by Crippen LogP contribution is 2.29. The van der Waals surface area contributed by atoms with Crippen LogP contribution in [0.15, 0.2) is 18.2 Å². The van der Waals surface area contributed by atoms with E-state index in [9.17, 15) is 9.90 Å². The number of aromatic hydroxyl groups is 1. The number of aliphatic carboxylic acids is 1. The number of phenolic OH excluding ortho intramolecular Hbond substituents is 1. The van der Waals surface area contributed by atoms with Gasteiger partial charge in [-0.1, -0.05) is 19.1 Å². The van der Waals surface area contributed by atoms with Crippen LogP contribution in [0.5, 0.6) is 5.75 Å². The van der Waals surface area contributed by atoms with Crippen LogP contribution in [0.1, 0.15) is 30.9 Å². The lowest BCUT2D eigenvalue weighted by Gasteiger charge is -2.27. The van der Waals surface area contributed by atoms with Crippen molar-refractivity contribution >= 4 is 5.97 Å². The molecule has 0 aliphatic carbocycles. The van der Waals surface area contributed by atoms with E-state index in [1.165, 1.54) is 6.92 Å². The number of nitrogens with two attached hydrogens (primary N) is 1. The summed E-state index contributed by atoms with van der Waals surface area (Å²) >= 11 is 0. The molecule has 0 heterocycles. The van der Waals surface area contributed by atoms with Gasteiger partial charge in [-0.15, -0.1) is 0 Å². The second kappa shape index (κ2) is 4.14. The standard InChI is InChI=1S/C12H17NO3/c1-7-6-9(4-5-10(7)14)8(2)12(3,13)11(15)16/h4-6,8,14H,13H2,1-3H3,(H,15,16)/t8?,12-/m1/s1. The van der Waals surface area contributed by atoms with Gasteiger partial charge in [-0.2, -0.15) is 0 Å². The van der Waals surface area contributed by atoms with Gasteiger partial charge in [0.1, 0.15) is 11.3 Å². The molecule has 4 heteroatoms. The van der Waals surface area contributed by atoms with E-state index in [0.29, 0.717) is 5.56 Å². The fraction of sp³-hybridized carbons (Fsp3) is 0.417. The molecule has 4 N–H and O–H groups in total. The van der Waals surface area contributed by atoms with Crippen LogP contribution in [0.2, 0.25) is 0 Å². The van der Waals surface area contributed by atoms with Crippen molar-refractivity contribution in [3.63, 3.8) is 0 Å². The van der Waals surface area contributed by atoms with E-state index in [-0.39, 0.29) is 11.7 Å². The average molecular weight is 223 g/mol. The van der Waals surface area contributed by atoms with Crippen molar-refractivity contribution in [1.29, 1.82) is 0 Å².